The number of hydrogen-bond donors (Lipinski definition) is 1. The Kier molecular flexibility index (Phi) is 4.78. The van der Waals surface area contributed by atoms with Gasteiger partial charge in [-0.2, -0.15) is 0 Å². The number of imidazole rings is 1. The Morgan fingerprint density at radius 1 is 1.53 bits per heavy atom. The molecule has 0 fully saturated rings. The van der Waals surface area contributed by atoms with Crippen molar-refractivity contribution in [1.29, 1.82) is 0 Å². The molecule has 0 aliphatic rings. The molecule has 15 heavy (non-hydrogen) atoms. The minimum absolute atomic E-state index is 0.165. The van der Waals surface area contributed by atoms with Crippen LogP contribution in [-0.4, -0.2) is 41.1 Å². The van der Waals surface area contributed by atoms with E-state index in [4.69, 9.17) is 5.73 Å². The van der Waals surface area contributed by atoms with E-state index in [-0.39, 0.29) is 6.04 Å². The van der Waals surface area contributed by atoms with E-state index in [1.807, 2.05) is 26.5 Å². The zero-order chi connectivity index (χ0) is 11.3. The molecule has 1 aromatic rings. The normalized spacial score (nSPS) is 13.4. The van der Waals surface area contributed by atoms with E-state index in [1.54, 1.807) is 0 Å². The zero-order valence-corrected chi connectivity index (χ0v) is 9.98. The van der Waals surface area contributed by atoms with Gasteiger partial charge in [0, 0.05) is 37.9 Å². The molecule has 1 heterocycles. The van der Waals surface area contributed by atoms with Crippen LogP contribution in [0.1, 0.15) is 19.2 Å². The molecule has 86 valence electrons. The Morgan fingerprint density at radius 3 is 2.87 bits per heavy atom. The molecule has 1 rings (SSSR count). The van der Waals surface area contributed by atoms with Gasteiger partial charge in [-0.3, -0.25) is 0 Å². The quantitative estimate of drug-likeness (QED) is 0.753. The predicted molar refractivity (Wildman–Crippen MR) is 62.8 cm³/mol. The topological polar surface area (TPSA) is 47.1 Å². The first kappa shape index (κ1) is 12.2. The summed E-state index contributed by atoms with van der Waals surface area (Å²) in [4.78, 5) is 6.46. The molecule has 0 saturated heterocycles. The molecule has 0 spiro atoms. The fourth-order valence-electron chi connectivity index (χ4n) is 1.74. The summed E-state index contributed by atoms with van der Waals surface area (Å²) < 4.78 is 2.19. The van der Waals surface area contributed by atoms with Crippen LogP contribution in [-0.2, 0) is 13.0 Å². The molecule has 1 unspecified atom stereocenters. The maximum absolute atomic E-state index is 6.04. The third-order valence-electron chi connectivity index (χ3n) is 2.31. The first-order chi connectivity index (χ1) is 7.13. The van der Waals surface area contributed by atoms with Gasteiger partial charge in [-0.25, -0.2) is 4.98 Å². The van der Waals surface area contributed by atoms with E-state index < -0.39 is 0 Å². The van der Waals surface area contributed by atoms with Crippen molar-refractivity contribution >= 4 is 0 Å². The number of likely N-dealkylation sites (N-methyl/N-ethyl adjacent to an activating group) is 1. The van der Waals surface area contributed by atoms with Gasteiger partial charge in [0.15, 0.2) is 0 Å². The molecule has 0 aliphatic carbocycles. The summed E-state index contributed by atoms with van der Waals surface area (Å²) in [7, 11) is 4.08. The number of rotatable bonds is 6. The van der Waals surface area contributed by atoms with Crippen LogP contribution < -0.4 is 5.73 Å². The minimum Gasteiger partial charge on any atom is -0.335 e. The highest BCUT2D eigenvalue weighted by atomic mass is 15.1. The molecule has 0 amide bonds. The summed E-state index contributed by atoms with van der Waals surface area (Å²) in [6.07, 6.45) is 5.87. The molecule has 0 aliphatic heterocycles. The van der Waals surface area contributed by atoms with Crippen LogP contribution in [0.3, 0.4) is 0 Å². The summed E-state index contributed by atoms with van der Waals surface area (Å²) in [6.45, 7) is 4.10. The fraction of sp³-hybridized carbons (Fsp3) is 0.727. The van der Waals surface area contributed by atoms with Gasteiger partial charge in [0.25, 0.3) is 0 Å². The van der Waals surface area contributed by atoms with Crippen molar-refractivity contribution in [2.75, 3.05) is 20.6 Å². The Morgan fingerprint density at radius 2 is 2.27 bits per heavy atom. The SMILES string of the molecule is CCCn1ccnc1CC(N)CN(C)C. The molecule has 0 radical (unpaired) electrons. The van der Waals surface area contributed by atoms with E-state index in [0.717, 1.165) is 31.8 Å². The van der Waals surface area contributed by atoms with Crippen LogP contribution in [0.25, 0.3) is 0 Å². The standard InChI is InChI=1S/C11H22N4/c1-4-6-15-7-5-13-11(15)8-10(12)9-14(2)3/h5,7,10H,4,6,8-9,12H2,1-3H3. The Balaban J connectivity index is 2.51. The van der Waals surface area contributed by atoms with Crippen LogP contribution in [0, 0.1) is 0 Å². The summed E-state index contributed by atoms with van der Waals surface area (Å²) in [5.74, 6) is 1.10. The van der Waals surface area contributed by atoms with E-state index in [2.05, 4.69) is 21.4 Å². The minimum atomic E-state index is 0.165. The fourth-order valence-corrected chi connectivity index (χ4v) is 1.74. The van der Waals surface area contributed by atoms with Crippen molar-refractivity contribution in [3.05, 3.63) is 18.2 Å². The molecule has 1 aromatic heterocycles. The number of nitrogens with two attached hydrogens (primary N) is 1. The molecule has 4 nitrogen and oxygen atoms in total. The maximum atomic E-state index is 6.04. The molecule has 0 bridgehead atoms. The number of aryl methyl sites for hydroxylation is 1. The van der Waals surface area contributed by atoms with Crippen molar-refractivity contribution in [3.8, 4) is 0 Å². The molecule has 2 N–H and O–H groups in total. The van der Waals surface area contributed by atoms with E-state index in [9.17, 15) is 0 Å². The monoisotopic (exact) mass is 210 g/mol. The average molecular weight is 210 g/mol. The molecule has 0 aromatic carbocycles. The summed E-state index contributed by atoms with van der Waals surface area (Å²) >= 11 is 0. The van der Waals surface area contributed by atoms with E-state index in [1.165, 1.54) is 0 Å². The highest BCUT2D eigenvalue weighted by Gasteiger charge is 2.09. The Labute approximate surface area is 92.1 Å². The van der Waals surface area contributed by atoms with Crippen molar-refractivity contribution in [2.24, 2.45) is 5.73 Å². The summed E-state index contributed by atoms with van der Waals surface area (Å²) in [6, 6.07) is 0.165. The third-order valence-corrected chi connectivity index (χ3v) is 2.31. The predicted octanol–water partition coefficient (Wildman–Crippen LogP) is 0.725. The second kappa shape index (κ2) is 5.88. The van der Waals surface area contributed by atoms with E-state index >= 15 is 0 Å². The molecule has 0 saturated carbocycles. The molecule has 4 heteroatoms. The molecular formula is C11H22N4. The summed E-state index contributed by atoms with van der Waals surface area (Å²) in [5, 5.41) is 0. The highest BCUT2D eigenvalue weighted by Crippen LogP contribution is 2.02. The number of hydrogen-bond acceptors (Lipinski definition) is 3. The van der Waals surface area contributed by atoms with Crippen LogP contribution in [0.2, 0.25) is 0 Å². The first-order valence-electron chi connectivity index (χ1n) is 5.53. The number of nitrogens with zero attached hydrogens (tertiary/aromatic N) is 3. The van der Waals surface area contributed by atoms with Gasteiger partial charge in [-0.05, 0) is 20.5 Å². The zero-order valence-electron chi connectivity index (χ0n) is 9.98. The Hall–Kier alpha value is -0.870. The second-order valence-corrected chi connectivity index (χ2v) is 4.26. The largest absolute Gasteiger partial charge is 0.335 e. The van der Waals surface area contributed by atoms with Crippen LogP contribution in [0.15, 0.2) is 12.4 Å². The highest BCUT2D eigenvalue weighted by molar-refractivity contribution is 4.95. The van der Waals surface area contributed by atoms with Crippen LogP contribution >= 0.6 is 0 Å². The molecular weight excluding hydrogens is 188 g/mol. The lowest BCUT2D eigenvalue weighted by Gasteiger charge is -2.17. The average Bonchev–Trinajstić information content (AvgIpc) is 2.52. The maximum Gasteiger partial charge on any atom is 0.110 e. The van der Waals surface area contributed by atoms with Crippen molar-refractivity contribution in [1.82, 2.24) is 14.5 Å². The lowest BCUT2D eigenvalue weighted by Crippen LogP contribution is -2.35. The van der Waals surface area contributed by atoms with Gasteiger partial charge in [0.2, 0.25) is 0 Å². The van der Waals surface area contributed by atoms with Crippen LogP contribution in [0.4, 0.5) is 0 Å². The van der Waals surface area contributed by atoms with Crippen molar-refractivity contribution < 1.29 is 0 Å². The van der Waals surface area contributed by atoms with Crippen LogP contribution in [0.5, 0.6) is 0 Å². The molecule has 1 atom stereocenters. The van der Waals surface area contributed by atoms with Gasteiger partial charge in [-0.1, -0.05) is 6.92 Å². The van der Waals surface area contributed by atoms with Gasteiger partial charge in [-0.15, -0.1) is 0 Å². The van der Waals surface area contributed by atoms with Gasteiger partial charge < -0.3 is 15.2 Å². The van der Waals surface area contributed by atoms with Gasteiger partial charge in [0.05, 0.1) is 0 Å². The first-order valence-corrected chi connectivity index (χ1v) is 5.53. The second-order valence-electron chi connectivity index (χ2n) is 4.26. The third kappa shape index (κ3) is 4.01. The summed E-state index contributed by atoms with van der Waals surface area (Å²) in [5.41, 5.74) is 6.04. The van der Waals surface area contributed by atoms with E-state index in [0.29, 0.717) is 0 Å². The Bertz CT molecular complexity index is 280. The van der Waals surface area contributed by atoms with Crippen molar-refractivity contribution in [2.45, 2.75) is 32.4 Å². The lowest BCUT2D eigenvalue weighted by molar-refractivity contribution is 0.367. The van der Waals surface area contributed by atoms with Gasteiger partial charge >= 0.3 is 0 Å². The van der Waals surface area contributed by atoms with Gasteiger partial charge in [0.1, 0.15) is 5.82 Å². The smallest absolute Gasteiger partial charge is 0.110 e. The number of aromatic nitrogens is 2. The van der Waals surface area contributed by atoms with Crippen molar-refractivity contribution in [3.63, 3.8) is 0 Å². The lowest BCUT2D eigenvalue weighted by atomic mass is 10.2.